The summed E-state index contributed by atoms with van der Waals surface area (Å²) in [5.41, 5.74) is 2.74. The second-order valence-electron chi connectivity index (χ2n) is 8.45. The van der Waals surface area contributed by atoms with E-state index in [9.17, 15) is 26.4 Å². The lowest BCUT2D eigenvalue weighted by molar-refractivity contribution is -0.139. The van der Waals surface area contributed by atoms with Crippen LogP contribution in [0.4, 0.5) is 13.2 Å². The fourth-order valence-electron chi connectivity index (χ4n) is 4.33. The lowest BCUT2D eigenvalue weighted by Gasteiger charge is -2.18. The smallest absolute Gasteiger partial charge is 0.417 e. The topological polar surface area (TPSA) is 83.5 Å². The zero-order valence-corrected chi connectivity index (χ0v) is 19.5. The molecule has 0 aromatic heterocycles. The van der Waals surface area contributed by atoms with E-state index in [4.69, 9.17) is 5.11 Å². The number of fused-ring (bicyclic) bond motifs is 1. The number of nitrogens with one attached hydrogen (secondary N) is 1. The van der Waals surface area contributed by atoms with Gasteiger partial charge in [-0.3, -0.25) is 0 Å². The van der Waals surface area contributed by atoms with Gasteiger partial charge in [-0.1, -0.05) is 48.5 Å². The largest absolute Gasteiger partial charge is 0.478 e. The zero-order valence-electron chi connectivity index (χ0n) is 18.6. The van der Waals surface area contributed by atoms with Crippen LogP contribution in [0.3, 0.4) is 0 Å². The summed E-state index contributed by atoms with van der Waals surface area (Å²) < 4.78 is 70.4. The summed E-state index contributed by atoms with van der Waals surface area (Å²) in [4.78, 5) is 9.91. The van der Waals surface area contributed by atoms with E-state index in [-0.39, 0.29) is 12.0 Å². The van der Waals surface area contributed by atoms with Crippen molar-refractivity contribution in [2.75, 3.05) is 0 Å². The SMILES string of the molecule is Cc1ccccc1-c1ccc(S(=O)(=O)NC2Cc3ccc(C=CC(=O)O)cc3C2)c(C(F)(F)F)c1. The fourth-order valence-corrected chi connectivity index (χ4v) is 5.77. The van der Waals surface area contributed by atoms with E-state index in [0.29, 0.717) is 17.5 Å². The number of halogens is 3. The van der Waals surface area contributed by atoms with Crippen LogP contribution in [0.1, 0.15) is 27.8 Å². The number of carboxylic acids is 1. The van der Waals surface area contributed by atoms with Crippen molar-refractivity contribution in [3.8, 4) is 11.1 Å². The summed E-state index contributed by atoms with van der Waals surface area (Å²) >= 11 is 0. The van der Waals surface area contributed by atoms with Crippen LogP contribution in [0, 0.1) is 6.92 Å². The van der Waals surface area contributed by atoms with Gasteiger partial charge in [-0.15, -0.1) is 0 Å². The molecule has 0 saturated heterocycles. The molecule has 9 heteroatoms. The summed E-state index contributed by atoms with van der Waals surface area (Å²) in [5.74, 6) is -1.09. The van der Waals surface area contributed by atoms with Gasteiger partial charge in [0, 0.05) is 12.1 Å². The third-order valence-electron chi connectivity index (χ3n) is 5.93. The number of hydrogen-bond donors (Lipinski definition) is 2. The third-order valence-corrected chi connectivity index (χ3v) is 7.51. The molecule has 3 aromatic carbocycles. The average molecular weight is 502 g/mol. The van der Waals surface area contributed by atoms with Gasteiger partial charge >= 0.3 is 12.1 Å². The molecule has 4 rings (SSSR count). The molecule has 0 radical (unpaired) electrons. The third kappa shape index (κ3) is 5.47. The highest BCUT2D eigenvalue weighted by Gasteiger charge is 2.38. The number of carboxylic acid groups (broad SMARTS) is 1. The maximum atomic E-state index is 13.9. The second kappa shape index (κ2) is 9.31. The normalized spacial score (nSPS) is 15.9. The molecule has 0 fully saturated rings. The summed E-state index contributed by atoms with van der Waals surface area (Å²) in [6, 6.07) is 14.8. The van der Waals surface area contributed by atoms with Crippen molar-refractivity contribution in [3.63, 3.8) is 0 Å². The number of rotatable bonds is 6. The minimum absolute atomic E-state index is 0.282. The predicted molar refractivity (Wildman–Crippen MR) is 126 cm³/mol. The molecule has 0 bridgehead atoms. The van der Waals surface area contributed by atoms with E-state index in [0.717, 1.165) is 34.9 Å². The molecule has 1 aliphatic carbocycles. The van der Waals surface area contributed by atoms with Gasteiger partial charge in [0.25, 0.3) is 0 Å². The molecule has 0 heterocycles. The maximum absolute atomic E-state index is 13.9. The lowest BCUT2D eigenvalue weighted by Crippen LogP contribution is -2.36. The van der Waals surface area contributed by atoms with E-state index in [1.807, 2.05) is 0 Å². The van der Waals surface area contributed by atoms with E-state index >= 15 is 0 Å². The van der Waals surface area contributed by atoms with Gasteiger partial charge in [0.15, 0.2) is 0 Å². The van der Waals surface area contributed by atoms with Gasteiger partial charge in [0.05, 0.1) is 10.5 Å². The molecule has 1 atom stereocenters. The van der Waals surface area contributed by atoms with Crippen molar-refractivity contribution in [2.24, 2.45) is 0 Å². The first-order valence-electron chi connectivity index (χ1n) is 10.8. The summed E-state index contributed by atoms with van der Waals surface area (Å²) in [6.07, 6.45) is -1.85. The standard InChI is InChI=1S/C26H22F3NO4S/c1-16-4-2-3-5-22(16)19-9-10-24(23(15-19)26(27,28)29)35(33,34)30-21-13-18-8-6-17(7-11-25(31)32)12-20(18)14-21/h2-12,15,21,30H,13-14H2,1H3,(H,31,32). The Balaban J connectivity index is 1.62. The zero-order chi connectivity index (χ0) is 25.4. The highest BCUT2D eigenvalue weighted by molar-refractivity contribution is 7.89. The molecule has 35 heavy (non-hydrogen) atoms. The van der Waals surface area contributed by atoms with E-state index in [1.165, 1.54) is 12.1 Å². The molecular formula is C26H22F3NO4S. The number of hydrogen-bond acceptors (Lipinski definition) is 3. The Kier molecular flexibility index (Phi) is 6.57. The van der Waals surface area contributed by atoms with E-state index < -0.39 is 38.7 Å². The Labute approximate surface area is 201 Å². The molecule has 2 N–H and O–H groups in total. The van der Waals surface area contributed by atoms with Crippen molar-refractivity contribution < 1.29 is 31.5 Å². The Bertz CT molecular complexity index is 1430. The van der Waals surface area contributed by atoms with Crippen molar-refractivity contribution in [1.29, 1.82) is 0 Å². The molecule has 3 aromatic rings. The molecule has 182 valence electrons. The first-order chi connectivity index (χ1) is 16.4. The number of alkyl halides is 3. The molecule has 0 amide bonds. The lowest BCUT2D eigenvalue weighted by atomic mass is 9.99. The van der Waals surface area contributed by atoms with E-state index in [1.54, 1.807) is 49.4 Å². The monoisotopic (exact) mass is 501 g/mol. The summed E-state index contributed by atoms with van der Waals surface area (Å²) in [7, 11) is -4.48. The summed E-state index contributed by atoms with van der Waals surface area (Å²) in [6.45, 7) is 1.77. The number of aryl methyl sites for hydroxylation is 1. The molecule has 0 saturated carbocycles. The predicted octanol–water partition coefficient (Wildman–Crippen LogP) is 5.22. The Morgan fingerprint density at radius 2 is 1.74 bits per heavy atom. The molecule has 1 unspecified atom stereocenters. The Hall–Kier alpha value is -3.43. The van der Waals surface area contributed by atoms with Gasteiger partial charge in [0.1, 0.15) is 0 Å². The number of sulfonamides is 1. The minimum atomic E-state index is -4.87. The van der Waals surface area contributed by atoms with Gasteiger partial charge in [0.2, 0.25) is 10.0 Å². The first kappa shape index (κ1) is 24.7. The van der Waals surface area contributed by atoms with Gasteiger partial charge in [-0.05, 0) is 71.4 Å². The quantitative estimate of drug-likeness (QED) is 0.454. The number of carbonyl (C=O) groups is 1. The number of aliphatic carboxylic acids is 1. The van der Waals surface area contributed by atoms with Crippen LogP contribution in [-0.2, 0) is 33.8 Å². The second-order valence-corrected chi connectivity index (χ2v) is 10.1. The maximum Gasteiger partial charge on any atom is 0.417 e. The van der Waals surface area contributed by atoms with E-state index in [2.05, 4.69) is 4.72 Å². The van der Waals surface area contributed by atoms with Gasteiger partial charge < -0.3 is 5.11 Å². The van der Waals surface area contributed by atoms with Crippen molar-refractivity contribution in [3.05, 3.63) is 94.6 Å². The fraction of sp³-hybridized carbons (Fsp3) is 0.192. The first-order valence-corrected chi connectivity index (χ1v) is 12.2. The molecule has 0 spiro atoms. The van der Waals surface area contributed by atoms with Gasteiger partial charge in [-0.25, -0.2) is 17.9 Å². The molecule has 0 aliphatic heterocycles. The minimum Gasteiger partial charge on any atom is -0.478 e. The van der Waals surface area contributed by atoms with Crippen LogP contribution in [0.5, 0.6) is 0 Å². The average Bonchev–Trinajstić information content (AvgIpc) is 3.17. The molecule has 5 nitrogen and oxygen atoms in total. The van der Waals surface area contributed by atoms with Gasteiger partial charge in [-0.2, -0.15) is 13.2 Å². The van der Waals surface area contributed by atoms with Crippen LogP contribution < -0.4 is 4.72 Å². The van der Waals surface area contributed by atoms with Crippen LogP contribution in [0.2, 0.25) is 0 Å². The number of benzene rings is 3. The van der Waals surface area contributed by atoms with Crippen LogP contribution in [-0.4, -0.2) is 25.5 Å². The van der Waals surface area contributed by atoms with Crippen LogP contribution in [0.25, 0.3) is 17.2 Å². The summed E-state index contributed by atoms with van der Waals surface area (Å²) in [5, 5.41) is 8.78. The highest BCUT2D eigenvalue weighted by atomic mass is 32.2. The Morgan fingerprint density at radius 3 is 2.43 bits per heavy atom. The Morgan fingerprint density at radius 1 is 1.03 bits per heavy atom. The van der Waals surface area contributed by atoms with Crippen molar-refractivity contribution >= 4 is 22.1 Å². The van der Waals surface area contributed by atoms with Crippen molar-refractivity contribution in [1.82, 2.24) is 4.72 Å². The molecule has 1 aliphatic rings. The van der Waals surface area contributed by atoms with Crippen molar-refractivity contribution in [2.45, 2.75) is 36.9 Å². The van der Waals surface area contributed by atoms with Crippen LogP contribution >= 0.6 is 0 Å². The highest BCUT2D eigenvalue weighted by Crippen LogP contribution is 2.38. The van der Waals surface area contributed by atoms with Crippen LogP contribution in [0.15, 0.2) is 71.6 Å². The molecular weight excluding hydrogens is 479 g/mol.